The molecule has 1 spiro atoms. The highest BCUT2D eigenvalue weighted by atomic mass is 19.1. The number of carboxylic acids is 1. The third-order valence-electron chi connectivity index (χ3n) is 8.19. The maximum atomic E-state index is 14.7. The average Bonchev–Trinajstić information content (AvgIpc) is 3.30. The molecular weight excluding hydrogens is 497 g/mol. The largest absolute Gasteiger partial charge is 0.481 e. The van der Waals surface area contributed by atoms with E-state index in [4.69, 9.17) is 9.84 Å². The number of hydrogen-bond acceptors (Lipinski definition) is 4. The van der Waals surface area contributed by atoms with Gasteiger partial charge in [0, 0.05) is 36.4 Å². The van der Waals surface area contributed by atoms with Gasteiger partial charge in [0.05, 0.1) is 23.6 Å². The number of hydrogen-bond donors (Lipinski definition) is 2. The van der Waals surface area contributed by atoms with E-state index in [2.05, 4.69) is 10.3 Å². The monoisotopic (exact) mass is 527 g/mol. The Morgan fingerprint density at radius 1 is 1.08 bits per heavy atom. The Kier molecular flexibility index (Phi) is 6.33. The van der Waals surface area contributed by atoms with Gasteiger partial charge in [-0.15, -0.1) is 0 Å². The van der Waals surface area contributed by atoms with E-state index in [1.165, 1.54) is 6.07 Å². The van der Waals surface area contributed by atoms with E-state index < -0.39 is 5.97 Å². The number of nitrogens with zero attached hydrogens (tertiary/aromatic N) is 2. The van der Waals surface area contributed by atoms with Crippen LogP contribution < -0.4 is 10.1 Å². The predicted octanol–water partition coefficient (Wildman–Crippen LogP) is 5.66. The number of carbonyl (C=O) groups excluding carboxylic acids is 1. The van der Waals surface area contributed by atoms with Crippen LogP contribution in [0.3, 0.4) is 0 Å². The van der Waals surface area contributed by atoms with Gasteiger partial charge >= 0.3 is 5.97 Å². The molecule has 2 heterocycles. The lowest BCUT2D eigenvalue weighted by molar-refractivity contribution is -0.155. The zero-order valence-electron chi connectivity index (χ0n) is 21.7. The molecule has 7 nitrogen and oxygen atoms in total. The van der Waals surface area contributed by atoms with Crippen LogP contribution in [0.15, 0.2) is 67.0 Å². The molecule has 39 heavy (non-hydrogen) atoms. The van der Waals surface area contributed by atoms with Crippen LogP contribution in [0.5, 0.6) is 5.88 Å². The second kappa shape index (κ2) is 9.84. The van der Waals surface area contributed by atoms with Crippen LogP contribution in [-0.4, -0.2) is 39.2 Å². The summed E-state index contributed by atoms with van der Waals surface area (Å²) in [5.41, 5.74) is 4.12. The van der Waals surface area contributed by atoms with Crippen molar-refractivity contribution in [3.63, 3.8) is 0 Å². The molecule has 1 amide bonds. The molecule has 2 aliphatic rings. The van der Waals surface area contributed by atoms with E-state index in [0.717, 1.165) is 29.5 Å². The first-order chi connectivity index (χ1) is 18.8. The standard InChI is InChI=1S/C31H30FN3O4/c1-2-39-27-13-21(9-11-33-27)20-5-3-19(4-6-20)18-35-12-10-24-26(32)8-7-25(28(24)35)29(36)34-23-16-31(17-23)14-22(15-31)30(37)38/h3-13,22-23H,2,14-18H2,1H3,(H,34,36)(H,37,38). The molecule has 0 atom stereocenters. The van der Waals surface area contributed by atoms with Crippen molar-refractivity contribution in [3.8, 4) is 17.0 Å². The second-order valence-electron chi connectivity index (χ2n) is 10.8. The number of nitrogens with one attached hydrogen (secondary N) is 1. The summed E-state index contributed by atoms with van der Waals surface area (Å²) in [5, 5.41) is 12.7. The molecule has 2 fully saturated rings. The Bertz CT molecular complexity index is 1550. The van der Waals surface area contributed by atoms with E-state index in [0.29, 0.717) is 48.3 Å². The number of carbonyl (C=O) groups is 2. The molecule has 0 bridgehead atoms. The molecule has 0 unspecified atom stereocenters. The summed E-state index contributed by atoms with van der Waals surface area (Å²) in [6.45, 7) is 2.96. The third-order valence-corrected chi connectivity index (χ3v) is 8.19. The molecule has 0 saturated heterocycles. The quantitative estimate of drug-likeness (QED) is 0.308. The summed E-state index contributed by atoms with van der Waals surface area (Å²) in [6.07, 6.45) is 6.50. The first-order valence-electron chi connectivity index (χ1n) is 13.3. The molecule has 2 aromatic carbocycles. The lowest BCUT2D eigenvalue weighted by Gasteiger charge is -2.56. The van der Waals surface area contributed by atoms with Gasteiger partial charge in [-0.25, -0.2) is 9.37 Å². The van der Waals surface area contributed by atoms with Crippen molar-refractivity contribution < 1.29 is 23.8 Å². The summed E-state index contributed by atoms with van der Waals surface area (Å²) in [7, 11) is 0. The van der Waals surface area contributed by atoms with Crippen molar-refractivity contribution >= 4 is 22.8 Å². The zero-order valence-corrected chi connectivity index (χ0v) is 21.7. The number of benzene rings is 2. The first kappa shape index (κ1) is 25.1. The Morgan fingerprint density at radius 2 is 1.85 bits per heavy atom. The number of aromatic nitrogens is 2. The van der Waals surface area contributed by atoms with Crippen LogP contribution in [0.2, 0.25) is 0 Å². The molecule has 0 aliphatic heterocycles. The molecule has 6 rings (SSSR count). The fraction of sp³-hybridized carbons (Fsp3) is 0.323. The highest BCUT2D eigenvalue weighted by molar-refractivity contribution is 6.06. The molecule has 8 heteroatoms. The van der Waals surface area contributed by atoms with Crippen LogP contribution in [0.4, 0.5) is 4.39 Å². The highest BCUT2D eigenvalue weighted by Crippen LogP contribution is 2.58. The minimum absolute atomic E-state index is 0.0136. The number of amides is 1. The van der Waals surface area contributed by atoms with Gasteiger partial charge < -0.3 is 19.7 Å². The number of halogens is 1. The van der Waals surface area contributed by atoms with Crippen molar-refractivity contribution in [2.45, 2.75) is 45.2 Å². The molecule has 2 N–H and O–H groups in total. The Morgan fingerprint density at radius 3 is 2.56 bits per heavy atom. The molecule has 4 aromatic rings. The molecule has 0 radical (unpaired) electrons. The SMILES string of the molecule is CCOc1cc(-c2ccc(Cn3ccc4c(F)ccc(C(=O)NC5CC6(C5)CC(C(=O)O)C6)c43)cc2)ccn1. The van der Waals surface area contributed by atoms with Crippen LogP contribution in [0, 0.1) is 17.2 Å². The van der Waals surface area contributed by atoms with Gasteiger partial charge in [0.2, 0.25) is 5.88 Å². The van der Waals surface area contributed by atoms with E-state index >= 15 is 0 Å². The highest BCUT2D eigenvalue weighted by Gasteiger charge is 2.55. The van der Waals surface area contributed by atoms with Gasteiger partial charge in [-0.05, 0) is 79.0 Å². The molecule has 200 valence electrons. The maximum Gasteiger partial charge on any atom is 0.306 e. The van der Waals surface area contributed by atoms with E-state index in [-0.39, 0.29) is 29.1 Å². The normalized spacial score (nSPS) is 21.8. The van der Waals surface area contributed by atoms with Gasteiger partial charge in [0.1, 0.15) is 5.82 Å². The lowest BCUT2D eigenvalue weighted by Crippen LogP contribution is -2.57. The van der Waals surface area contributed by atoms with Gasteiger partial charge in [-0.1, -0.05) is 24.3 Å². The van der Waals surface area contributed by atoms with Crippen molar-refractivity contribution in [1.29, 1.82) is 0 Å². The zero-order chi connectivity index (χ0) is 27.1. The number of ether oxygens (including phenoxy) is 1. The molecule has 2 aliphatic carbocycles. The smallest absolute Gasteiger partial charge is 0.306 e. The number of aliphatic carboxylic acids is 1. The van der Waals surface area contributed by atoms with Gasteiger partial charge in [0.25, 0.3) is 5.91 Å². The predicted molar refractivity (Wildman–Crippen MR) is 145 cm³/mol. The second-order valence-corrected chi connectivity index (χ2v) is 10.8. The lowest BCUT2D eigenvalue weighted by atomic mass is 9.50. The van der Waals surface area contributed by atoms with E-state index in [1.807, 2.05) is 54.1 Å². The summed E-state index contributed by atoms with van der Waals surface area (Å²) in [5.74, 6) is -1.000. The summed E-state index contributed by atoms with van der Waals surface area (Å²) in [6, 6.07) is 16.6. The molecular formula is C31H30FN3O4. The maximum absolute atomic E-state index is 14.7. The Balaban J connectivity index is 1.18. The number of rotatable bonds is 8. The van der Waals surface area contributed by atoms with E-state index in [1.54, 1.807) is 18.3 Å². The first-order valence-corrected chi connectivity index (χ1v) is 13.3. The number of fused-ring (bicyclic) bond motifs is 1. The number of carboxylic acid groups (broad SMARTS) is 1. The Hall–Kier alpha value is -4.20. The van der Waals surface area contributed by atoms with Gasteiger partial charge in [-0.2, -0.15) is 0 Å². The van der Waals surface area contributed by atoms with Gasteiger partial charge in [-0.3, -0.25) is 9.59 Å². The number of pyridine rings is 1. The van der Waals surface area contributed by atoms with Crippen LogP contribution >= 0.6 is 0 Å². The van der Waals surface area contributed by atoms with Crippen LogP contribution in [0.1, 0.15) is 48.5 Å². The van der Waals surface area contributed by atoms with Crippen LogP contribution in [-0.2, 0) is 11.3 Å². The topological polar surface area (TPSA) is 93.5 Å². The fourth-order valence-corrected chi connectivity index (χ4v) is 6.26. The minimum atomic E-state index is -0.731. The summed E-state index contributed by atoms with van der Waals surface area (Å²) in [4.78, 5) is 28.7. The minimum Gasteiger partial charge on any atom is -0.481 e. The molecule has 2 aromatic heterocycles. The van der Waals surface area contributed by atoms with Crippen LogP contribution in [0.25, 0.3) is 22.0 Å². The van der Waals surface area contributed by atoms with Crippen molar-refractivity contribution in [1.82, 2.24) is 14.9 Å². The third kappa shape index (κ3) is 4.75. The fourth-order valence-electron chi connectivity index (χ4n) is 6.26. The molecule has 2 saturated carbocycles. The Labute approximate surface area is 225 Å². The summed E-state index contributed by atoms with van der Waals surface area (Å²) >= 11 is 0. The van der Waals surface area contributed by atoms with Crippen molar-refractivity contribution in [3.05, 3.63) is 83.9 Å². The average molecular weight is 528 g/mol. The van der Waals surface area contributed by atoms with E-state index in [9.17, 15) is 14.0 Å². The van der Waals surface area contributed by atoms with Crippen molar-refractivity contribution in [2.75, 3.05) is 6.61 Å². The summed E-state index contributed by atoms with van der Waals surface area (Å²) < 4.78 is 22.1. The van der Waals surface area contributed by atoms with Gasteiger partial charge in [0.15, 0.2) is 0 Å². The van der Waals surface area contributed by atoms with Crippen molar-refractivity contribution in [2.24, 2.45) is 11.3 Å².